The third kappa shape index (κ3) is 2.62. The molecule has 0 fully saturated rings. The van der Waals surface area contributed by atoms with Gasteiger partial charge >= 0.3 is 0 Å². The number of rotatable bonds is 4. The van der Waals surface area contributed by atoms with Crippen molar-refractivity contribution in [1.29, 1.82) is 0 Å². The summed E-state index contributed by atoms with van der Waals surface area (Å²) in [6.45, 7) is 10.7. The molecule has 104 valence electrons. The minimum Gasteiger partial charge on any atom is -0.308 e. The Hall–Kier alpha value is -1.09. The molecule has 3 nitrogen and oxygen atoms in total. The molecule has 3 unspecified atom stereocenters. The number of aromatic nitrogens is 3. The van der Waals surface area contributed by atoms with E-state index in [1.165, 1.54) is 0 Å². The first-order valence-electron chi connectivity index (χ1n) is 6.95. The molecule has 2 aromatic rings. The largest absolute Gasteiger partial charge is 0.308 e. The standard InChI is InChI=1S/C15H22ClN3/c1-6-9(2)12(5)19-14(11(4)16)18-13-8-7-10(3)17-15(13)19/h7-9,11-12H,6H2,1-5H3. The lowest BCUT2D eigenvalue weighted by Crippen LogP contribution is -2.17. The predicted octanol–water partition coefficient (Wildman–Crippen LogP) is 4.65. The Balaban J connectivity index is 2.66. The first-order chi connectivity index (χ1) is 8.95. The van der Waals surface area contributed by atoms with E-state index >= 15 is 0 Å². The molecule has 0 N–H and O–H groups in total. The van der Waals surface area contributed by atoms with E-state index in [0.717, 1.165) is 29.1 Å². The maximum atomic E-state index is 6.30. The monoisotopic (exact) mass is 279 g/mol. The van der Waals surface area contributed by atoms with Crippen LogP contribution in [0.25, 0.3) is 11.2 Å². The van der Waals surface area contributed by atoms with Crippen LogP contribution in [0.2, 0.25) is 0 Å². The summed E-state index contributed by atoms with van der Waals surface area (Å²) in [5, 5.41) is -0.110. The van der Waals surface area contributed by atoms with Crippen molar-refractivity contribution in [1.82, 2.24) is 14.5 Å². The number of hydrogen-bond donors (Lipinski definition) is 0. The maximum Gasteiger partial charge on any atom is 0.160 e. The number of halogens is 1. The van der Waals surface area contributed by atoms with Gasteiger partial charge in [0.25, 0.3) is 0 Å². The van der Waals surface area contributed by atoms with Crippen molar-refractivity contribution >= 4 is 22.8 Å². The smallest absolute Gasteiger partial charge is 0.160 e. The lowest BCUT2D eigenvalue weighted by atomic mass is 10.0. The topological polar surface area (TPSA) is 30.7 Å². The van der Waals surface area contributed by atoms with Crippen LogP contribution in [-0.2, 0) is 0 Å². The summed E-state index contributed by atoms with van der Waals surface area (Å²) in [6.07, 6.45) is 1.13. The normalized spacial score (nSPS) is 16.5. The van der Waals surface area contributed by atoms with E-state index in [2.05, 4.69) is 35.3 Å². The Bertz CT molecular complexity index is 574. The van der Waals surface area contributed by atoms with Gasteiger partial charge < -0.3 is 4.57 Å². The number of hydrogen-bond acceptors (Lipinski definition) is 2. The van der Waals surface area contributed by atoms with Crippen LogP contribution in [0.3, 0.4) is 0 Å². The van der Waals surface area contributed by atoms with Crippen LogP contribution in [0.4, 0.5) is 0 Å². The van der Waals surface area contributed by atoms with Gasteiger partial charge in [0.2, 0.25) is 0 Å². The van der Waals surface area contributed by atoms with Gasteiger partial charge in [0.1, 0.15) is 11.3 Å². The van der Waals surface area contributed by atoms with E-state index in [1.54, 1.807) is 0 Å². The highest BCUT2D eigenvalue weighted by Gasteiger charge is 2.22. The second-order valence-electron chi connectivity index (χ2n) is 5.38. The highest BCUT2D eigenvalue weighted by molar-refractivity contribution is 6.20. The molecule has 0 bridgehead atoms. The van der Waals surface area contributed by atoms with E-state index < -0.39 is 0 Å². The van der Waals surface area contributed by atoms with Gasteiger partial charge in [-0.05, 0) is 38.8 Å². The molecule has 0 aliphatic rings. The van der Waals surface area contributed by atoms with Gasteiger partial charge in [-0.2, -0.15) is 0 Å². The fraction of sp³-hybridized carbons (Fsp3) is 0.600. The van der Waals surface area contributed by atoms with E-state index in [9.17, 15) is 0 Å². The molecule has 0 radical (unpaired) electrons. The van der Waals surface area contributed by atoms with Crippen LogP contribution < -0.4 is 0 Å². The molecule has 0 saturated carbocycles. The first kappa shape index (κ1) is 14.3. The predicted molar refractivity (Wildman–Crippen MR) is 80.7 cm³/mol. The van der Waals surface area contributed by atoms with Crippen LogP contribution in [0.1, 0.15) is 57.1 Å². The van der Waals surface area contributed by atoms with Crippen molar-refractivity contribution in [3.8, 4) is 0 Å². The van der Waals surface area contributed by atoms with Gasteiger partial charge in [0.15, 0.2) is 5.65 Å². The number of nitrogens with zero attached hydrogens (tertiary/aromatic N) is 3. The number of alkyl halides is 1. The minimum absolute atomic E-state index is 0.110. The summed E-state index contributed by atoms with van der Waals surface area (Å²) in [5.41, 5.74) is 2.90. The Morgan fingerprint density at radius 2 is 1.89 bits per heavy atom. The van der Waals surface area contributed by atoms with Crippen molar-refractivity contribution in [3.05, 3.63) is 23.7 Å². The van der Waals surface area contributed by atoms with Gasteiger partial charge in [-0.1, -0.05) is 20.3 Å². The zero-order valence-corrected chi connectivity index (χ0v) is 13.1. The van der Waals surface area contributed by atoms with Crippen molar-refractivity contribution < 1.29 is 0 Å². The third-order valence-corrected chi connectivity index (χ3v) is 4.13. The van der Waals surface area contributed by atoms with Gasteiger partial charge in [0, 0.05) is 11.7 Å². The van der Waals surface area contributed by atoms with E-state index in [-0.39, 0.29) is 5.38 Å². The van der Waals surface area contributed by atoms with Crippen molar-refractivity contribution in [2.45, 2.75) is 52.5 Å². The summed E-state index contributed by atoms with van der Waals surface area (Å²) < 4.78 is 2.22. The Morgan fingerprint density at radius 3 is 2.47 bits per heavy atom. The van der Waals surface area contributed by atoms with Crippen LogP contribution in [0.15, 0.2) is 12.1 Å². The van der Waals surface area contributed by atoms with Gasteiger partial charge in [-0.25, -0.2) is 9.97 Å². The fourth-order valence-electron chi connectivity index (χ4n) is 2.36. The number of imidazole rings is 1. The molecule has 0 spiro atoms. The van der Waals surface area contributed by atoms with Crippen LogP contribution >= 0.6 is 11.6 Å². The third-order valence-electron chi connectivity index (χ3n) is 3.93. The molecule has 0 aliphatic carbocycles. The van der Waals surface area contributed by atoms with Crippen molar-refractivity contribution in [2.24, 2.45) is 5.92 Å². The lowest BCUT2D eigenvalue weighted by molar-refractivity contribution is 0.367. The Morgan fingerprint density at radius 1 is 1.21 bits per heavy atom. The van der Waals surface area contributed by atoms with Gasteiger partial charge in [0.05, 0.1) is 5.38 Å². The molecular formula is C15H22ClN3. The zero-order chi connectivity index (χ0) is 14.2. The van der Waals surface area contributed by atoms with Crippen molar-refractivity contribution in [2.75, 3.05) is 0 Å². The fourth-order valence-corrected chi connectivity index (χ4v) is 2.52. The molecule has 0 aliphatic heterocycles. The number of pyridine rings is 1. The second-order valence-corrected chi connectivity index (χ2v) is 6.03. The molecule has 3 atom stereocenters. The summed E-state index contributed by atoms with van der Waals surface area (Å²) in [6, 6.07) is 4.37. The Kier molecular flexibility index (Phi) is 4.14. The highest BCUT2D eigenvalue weighted by atomic mass is 35.5. The van der Waals surface area contributed by atoms with Gasteiger partial charge in [-0.3, -0.25) is 0 Å². The van der Waals surface area contributed by atoms with Gasteiger partial charge in [-0.15, -0.1) is 11.6 Å². The molecule has 2 heterocycles. The zero-order valence-electron chi connectivity index (χ0n) is 12.3. The van der Waals surface area contributed by atoms with E-state index in [0.29, 0.717) is 12.0 Å². The summed E-state index contributed by atoms with van der Waals surface area (Å²) >= 11 is 6.30. The van der Waals surface area contributed by atoms with Crippen LogP contribution in [-0.4, -0.2) is 14.5 Å². The molecule has 2 aromatic heterocycles. The molecule has 0 amide bonds. The number of aryl methyl sites for hydroxylation is 1. The SMILES string of the molecule is CCC(C)C(C)n1c(C(C)Cl)nc2ccc(C)nc21. The summed E-state index contributed by atoms with van der Waals surface area (Å²) in [5.74, 6) is 1.48. The molecule has 19 heavy (non-hydrogen) atoms. The quantitative estimate of drug-likeness (QED) is 0.763. The molecule has 2 rings (SSSR count). The average Bonchev–Trinajstić information content (AvgIpc) is 2.75. The van der Waals surface area contributed by atoms with E-state index in [1.807, 2.05) is 26.0 Å². The Labute approximate surface area is 120 Å². The number of fused-ring (bicyclic) bond motifs is 1. The van der Waals surface area contributed by atoms with Crippen LogP contribution in [0, 0.1) is 12.8 Å². The first-order valence-corrected chi connectivity index (χ1v) is 7.38. The van der Waals surface area contributed by atoms with E-state index in [4.69, 9.17) is 11.6 Å². The summed E-state index contributed by atoms with van der Waals surface area (Å²) in [7, 11) is 0. The highest BCUT2D eigenvalue weighted by Crippen LogP contribution is 2.31. The second kappa shape index (κ2) is 5.49. The summed E-state index contributed by atoms with van der Waals surface area (Å²) in [4.78, 5) is 9.32. The van der Waals surface area contributed by atoms with Crippen LogP contribution in [0.5, 0.6) is 0 Å². The minimum atomic E-state index is -0.110. The average molecular weight is 280 g/mol. The molecule has 0 saturated heterocycles. The maximum absolute atomic E-state index is 6.30. The molecular weight excluding hydrogens is 258 g/mol. The lowest BCUT2D eigenvalue weighted by Gasteiger charge is -2.23. The van der Waals surface area contributed by atoms with Crippen molar-refractivity contribution in [3.63, 3.8) is 0 Å². The molecule has 0 aromatic carbocycles. The molecule has 4 heteroatoms.